The number of aromatic nitrogens is 1. The Morgan fingerprint density at radius 2 is 2.09 bits per heavy atom. The van der Waals surface area contributed by atoms with Crippen LogP contribution in [0.3, 0.4) is 0 Å². The number of hydrogen-bond donors (Lipinski definition) is 1. The zero-order valence-corrected chi connectivity index (χ0v) is 13.6. The van der Waals surface area contributed by atoms with E-state index in [0.717, 1.165) is 11.3 Å². The predicted octanol–water partition coefficient (Wildman–Crippen LogP) is 3.90. The summed E-state index contributed by atoms with van der Waals surface area (Å²) >= 11 is 11.6. The lowest BCUT2D eigenvalue weighted by molar-refractivity contribution is 0.0951. The Bertz CT molecular complexity index is 645. The lowest BCUT2D eigenvalue weighted by Gasteiger charge is -2.10. The number of amides is 1. The van der Waals surface area contributed by atoms with Crippen molar-refractivity contribution in [1.29, 1.82) is 0 Å². The standard InChI is InChI=1S/C16H16Cl2N2O2/c1-11-9-13(17)4-5-14(11)22-8-2-7-19-16(21)12-3-6-15(18)20-10-12/h3-6,9-10H,2,7-8H2,1H3,(H,19,21). The van der Waals surface area contributed by atoms with E-state index >= 15 is 0 Å². The number of aryl methyl sites for hydroxylation is 1. The van der Waals surface area contributed by atoms with E-state index in [4.69, 9.17) is 27.9 Å². The number of carbonyl (C=O) groups is 1. The first-order chi connectivity index (χ1) is 10.6. The Hall–Kier alpha value is -1.78. The first-order valence-electron chi connectivity index (χ1n) is 6.85. The Morgan fingerprint density at radius 1 is 1.27 bits per heavy atom. The van der Waals surface area contributed by atoms with Gasteiger partial charge in [0.05, 0.1) is 12.2 Å². The van der Waals surface area contributed by atoms with Gasteiger partial charge in [-0.25, -0.2) is 4.98 Å². The van der Waals surface area contributed by atoms with Gasteiger partial charge in [0.15, 0.2) is 0 Å². The summed E-state index contributed by atoms with van der Waals surface area (Å²) in [5.41, 5.74) is 1.47. The third-order valence-corrected chi connectivity index (χ3v) is 3.45. The van der Waals surface area contributed by atoms with Crippen LogP contribution in [0.4, 0.5) is 0 Å². The van der Waals surface area contributed by atoms with Crippen molar-refractivity contribution >= 4 is 29.1 Å². The molecule has 2 aromatic rings. The Morgan fingerprint density at radius 3 is 2.77 bits per heavy atom. The summed E-state index contributed by atoms with van der Waals surface area (Å²) in [6.07, 6.45) is 2.15. The molecule has 0 radical (unpaired) electrons. The number of benzene rings is 1. The molecule has 1 amide bonds. The molecule has 0 aliphatic heterocycles. The highest BCUT2D eigenvalue weighted by molar-refractivity contribution is 6.30. The molecule has 22 heavy (non-hydrogen) atoms. The topological polar surface area (TPSA) is 51.2 Å². The summed E-state index contributed by atoms with van der Waals surface area (Å²) in [6.45, 7) is 2.98. The molecule has 1 aromatic heterocycles. The average Bonchev–Trinajstić information content (AvgIpc) is 2.49. The highest BCUT2D eigenvalue weighted by Crippen LogP contribution is 2.21. The Labute approximate surface area is 139 Å². The Balaban J connectivity index is 1.71. The van der Waals surface area contributed by atoms with Gasteiger partial charge in [-0.3, -0.25) is 4.79 Å². The van der Waals surface area contributed by atoms with Crippen LogP contribution in [-0.4, -0.2) is 24.0 Å². The fourth-order valence-corrected chi connectivity index (χ4v) is 2.18. The van der Waals surface area contributed by atoms with Gasteiger partial charge in [-0.2, -0.15) is 0 Å². The van der Waals surface area contributed by atoms with Crippen LogP contribution in [0.5, 0.6) is 5.75 Å². The van der Waals surface area contributed by atoms with Crippen molar-refractivity contribution in [2.24, 2.45) is 0 Å². The molecule has 116 valence electrons. The number of nitrogens with one attached hydrogen (secondary N) is 1. The number of ether oxygens (including phenoxy) is 1. The molecule has 6 heteroatoms. The van der Waals surface area contributed by atoms with Crippen molar-refractivity contribution in [3.8, 4) is 5.75 Å². The lowest BCUT2D eigenvalue weighted by Crippen LogP contribution is -2.25. The maximum Gasteiger partial charge on any atom is 0.252 e. The molecule has 1 aromatic carbocycles. The smallest absolute Gasteiger partial charge is 0.252 e. The second kappa shape index (κ2) is 8.01. The van der Waals surface area contributed by atoms with Gasteiger partial charge in [0.2, 0.25) is 0 Å². The first kappa shape index (κ1) is 16.6. The van der Waals surface area contributed by atoms with Crippen molar-refractivity contribution in [2.75, 3.05) is 13.2 Å². The van der Waals surface area contributed by atoms with E-state index in [9.17, 15) is 4.79 Å². The minimum atomic E-state index is -0.174. The number of pyridine rings is 1. The molecule has 4 nitrogen and oxygen atoms in total. The minimum absolute atomic E-state index is 0.174. The quantitative estimate of drug-likeness (QED) is 0.642. The van der Waals surface area contributed by atoms with E-state index in [0.29, 0.717) is 35.3 Å². The fraction of sp³-hybridized carbons (Fsp3) is 0.250. The van der Waals surface area contributed by atoms with Crippen molar-refractivity contribution in [2.45, 2.75) is 13.3 Å². The molecule has 0 unspecified atom stereocenters. The molecule has 0 atom stereocenters. The molecule has 0 fully saturated rings. The van der Waals surface area contributed by atoms with E-state index in [1.54, 1.807) is 18.2 Å². The third kappa shape index (κ3) is 4.90. The molecule has 0 spiro atoms. The molecule has 0 aliphatic rings. The zero-order valence-electron chi connectivity index (χ0n) is 12.1. The van der Waals surface area contributed by atoms with Crippen molar-refractivity contribution in [3.05, 3.63) is 57.8 Å². The monoisotopic (exact) mass is 338 g/mol. The lowest BCUT2D eigenvalue weighted by atomic mass is 10.2. The van der Waals surface area contributed by atoms with Gasteiger partial charge in [-0.15, -0.1) is 0 Å². The minimum Gasteiger partial charge on any atom is -0.493 e. The first-order valence-corrected chi connectivity index (χ1v) is 7.60. The summed E-state index contributed by atoms with van der Waals surface area (Å²) in [5.74, 6) is 0.629. The second-order valence-corrected chi connectivity index (χ2v) is 5.56. The normalized spacial score (nSPS) is 10.3. The van der Waals surface area contributed by atoms with Crippen molar-refractivity contribution in [3.63, 3.8) is 0 Å². The molecular weight excluding hydrogens is 323 g/mol. The maximum atomic E-state index is 11.8. The van der Waals surface area contributed by atoms with Gasteiger partial charge in [-0.1, -0.05) is 23.2 Å². The van der Waals surface area contributed by atoms with E-state index in [2.05, 4.69) is 10.3 Å². The van der Waals surface area contributed by atoms with Gasteiger partial charge in [0, 0.05) is 17.8 Å². The van der Waals surface area contributed by atoms with Crippen LogP contribution in [0.25, 0.3) is 0 Å². The predicted molar refractivity (Wildman–Crippen MR) is 87.9 cm³/mol. The molecule has 1 heterocycles. The van der Waals surface area contributed by atoms with Crippen LogP contribution in [0.1, 0.15) is 22.3 Å². The van der Waals surface area contributed by atoms with Crippen molar-refractivity contribution in [1.82, 2.24) is 10.3 Å². The molecule has 1 N–H and O–H groups in total. The third-order valence-electron chi connectivity index (χ3n) is 2.99. The molecule has 0 saturated carbocycles. The highest BCUT2D eigenvalue weighted by Gasteiger charge is 2.05. The summed E-state index contributed by atoms with van der Waals surface area (Å²) in [5, 5.41) is 3.86. The fourth-order valence-electron chi connectivity index (χ4n) is 1.84. The number of halogens is 2. The molecule has 0 bridgehead atoms. The van der Waals surface area contributed by atoms with Crippen LogP contribution < -0.4 is 10.1 Å². The van der Waals surface area contributed by atoms with Gasteiger partial charge >= 0.3 is 0 Å². The van der Waals surface area contributed by atoms with E-state index in [1.807, 2.05) is 19.1 Å². The highest BCUT2D eigenvalue weighted by atomic mass is 35.5. The molecule has 0 aliphatic carbocycles. The van der Waals surface area contributed by atoms with Crippen LogP contribution >= 0.6 is 23.2 Å². The average molecular weight is 339 g/mol. The van der Waals surface area contributed by atoms with Gasteiger partial charge < -0.3 is 10.1 Å². The number of nitrogens with zero attached hydrogens (tertiary/aromatic N) is 1. The zero-order chi connectivity index (χ0) is 15.9. The van der Waals surface area contributed by atoms with E-state index < -0.39 is 0 Å². The van der Waals surface area contributed by atoms with Gasteiger partial charge in [0.1, 0.15) is 10.9 Å². The van der Waals surface area contributed by atoms with Crippen LogP contribution in [-0.2, 0) is 0 Å². The SMILES string of the molecule is Cc1cc(Cl)ccc1OCCCNC(=O)c1ccc(Cl)nc1. The van der Waals surface area contributed by atoms with Crippen LogP contribution in [0.15, 0.2) is 36.5 Å². The number of hydrogen-bond acceptors (Lipinski definition) is 3. The largest absolute Gasteiger partial charge is 0.493 e. The maximum absolute atomic E-state index is 11.8. The van der Waals surface area contributed by atoms with Gasteiger partial charge in [0.25, 0.3) is 5.91 Å². The number of rotatable bonds is 6. The summed E-state index contributed by atoms with van der Waals surface area (Å²) < 4.78 is 5.66. The number of carbonyl (C=O) groups excluding carboxylic acids is 1. The van der Waals surface area contributed by atoms with Crippen LogP contribution in [0.2, 0.25) is 10.2 Å². The second-order valence-electron chi connectivity index (χ2n) is 4.74. The van der Waals surface area contributed by atoms with Gasteiger partial charge in [-0.05, 0) is 49.2 Å². The van der Waals surface area contributed by atoms with E-state index in [-0.39, 0.29) is 5.91 Å². The summed E-state index contributed by atoms with van der Waals surface area (Å²) in [4.78, 5) is 15.7. The van der Waals surface area contributed by atoms with Crippen molar-refractivity contribution < 1.29 is 9.53 Å². The molecule has 0 saturated heterocycles. The molecule has 2 rings (SSSR count). The Kier molecular flexibility index (Phi) is 6.04. The summed E-state index contributed by atoms with van der Waals surface area (Å²) in [7, 11) is 0. The molecular formula is C16H16Cl2N2O2. The van der Waals surface area contributed by atoms with E-state index in [1.165, 1.54) is 6.20 Å². The summed E-state index contributed by atoms with van der Waals surface area (Å²) in [6, 6.07) is 8.71. The van der Waals surface area contributed by atoms with Crippen LogP contribution in [0, 0.1) is 6.92 Å².